The van der Waals surface area contributed by atoms with Gasteiger partial charge < -0.3 is 16.0 Å². The number of nitrogens with zero attached hydrogens (tertiary/aromatic N) is 2. The molecule has 0 spiro atoms. The molecule has 1 aliphatic rings. The molecular formula is C30H45N5O2. The number of amides is 2. The number of unbranched alkanes of at least 4 members (excludes halogenated alkanes) is 2. The van der Waals surface area contributed by atoms with Crippen LogP contribution in [0.4, 0.5) is 11.4 Å². The molecule has 0 radical (unpaired) electrons. The van der Waals surface area contributed by atoms with Crippen molar-refractivity contribution >= 4 is 23.2 Å². The summed E-state index contributed by atoms with van der Waals surface area (Å²) in [7, 11) is 1.98. The van der Waals surface area contributed by atoms with Crippen LogP contribution in [0.1, 0.15) is 47.9 Å². The van der Waals surface area contributed by atoms with Crippen molar-refractivity contribution in [1.82, 2.24) is 15.1 Å². The van der Waals surface area contributed by atoms with Gasteiger partial charge in [0, 0.05) is 31.0 Å². The van der Waals surface area contributed by atoms with E-state index in [1.54, 1.807) is 0 Å². The molecule has 0 bridgehead atoms. The van der Waals surface area contributed by atoms with Gasteiger partial charge in [-0.05, 0) is 89.3 Å². The van der Waals surface area contributed by atoms with E-state index in [1.807, 2.05) is 76.0 Å². The fraction of sp³-hybridized carbons (Fsp3) is 0.533. The Labute approximate surface area is 223 Å². The number of nitrogens with one attached hydrogen (secondary N) is 3. The van der Waals surface area contributed by atoms with Crippen LogP contribution in [0.15, 0.2) is 36.4 Å². The van der Waals surface area contributed by atoms with Crippen LogP contribution in [-0.4, -0.2) is 74.0 Å². The molecule has 2 aromatic carbocycles. The number of para-hydroxylation sites is 2. The number of benzene rings is 2. The van der Waals surface area contributed by atoms with Crippen LogP contribution in [0.2, 0.25) is 0 Å². The van der Waals surface area contributed by atoms with E-state index in [9.17, 15) is 9.59 Å². The maximum Gasteiger partial charge on any atom is 0.241 e. The van der Waals surface area contributed by atoms with Gasteiger partial charge in [-0.3, -0.25) is 19.4 Å². The summed E-state index contributed by atoms with van der Waals surface area (Å²) in [5.41, 5.74) is 6.27. The monoisotopic (exact) mass is 507 g/mol. The minimum absolute atomic E-state index is 0.000380. The van der Waals surface area contributed by atoms with E-state index in [2.05, 4.69) is 20.9 Å². The van der Waals surface area contributed by atoms with Gasteiger partial charge in [-0.2, -0.15) is 0 Å². The smallest absolute Gasteiger partial charge is 0.241 e. The molecule has 0 aliphatic carbocycles. The molecule has 3 rings (SSSR count). The Morgan fingerprint density at radius 2 is 1.46 bits per heavy atom. The quantitative estimate of drug-likeness (QED) is 0.333. The van der Waals surface area contributed by atoms with Gasteiger partial charge >= 0.3 is 0 Å². The molecule has 1 atom stereocenters. The Bertz CT molecular complexity index is 1010. The molecule has 0 saturated carbocycles. The highest BCUT2D eigenvalue weighted by Gasteiger charge is 2.33. The highest BCUT2D eigenvalue weighted by Crippen LogP contribution is 2.24. The number of anilines is 2. The van der Waals surface area contributed by atoms with Crippen LogP contribution in [0, 0.1) is 27.7 Å². The molecule has 2 amide bonds. The first-order chi connectivity index (χ1) is 17.8. The van der Waals surface area contributed by atoms with Gasteiger partial charge in [-0.25, -0.2) is 0 Å². The first kappa shape index (κ1) is 28.8. The van der Waals surface area contributed by atoms with Gasteiger partial charge in [-0.1, -0.05) is 42.8 Å². The van der Waals surface area contributed by atoms with Crippen molar-refractivity contribution in [2.45, 2.75) is 59.4 Å². The van der Waals surface area contributed by atoms with Crippen molar-refractivity contribution in [2.24, 2.45) is 0 Å². The van der Waals surface area contributed by atoms with E-state index in [0.717, 1.165) is 92.0 Å². The zero-order valence-corrected chi connectivity index (χ0v) is 23.3. The summed E-state index contributed by atoms with van der Waals surface area (Å²) in [4.78, 5) is 29.5. The molecule has 7 nitrogen and oxygen atoms in total. The van der Waals surface area contributed by atoms with Crippen molar-refractivity contribution in [2.75, 3.05) is 56.9 Å². The fourth-order valence-corrected chi connectivity index (χ4v) is 4.87. The van der Waals surface area contributed by atoms with Gasteiger partial charge in [0.15, 0.2) is 0 Å². The van der Waals surface area contributed by atoms with Crippen LogP contribution >= 0.6 is 0 Å². The zero-order chi connectivity index (χ0) is 26.8. The van der Waals surface area contributed by atoms with Crippen molar-refractivity contribution in [3.63, 3.8) is 0 Å². The summed E-state index contributed by atoms with van der Waals surface area (Å²) in [5, 5.41) is 9.69. The second-order valence-corrected chi connectivity index (χ2v) is 10.5. The Kier molecular flexibility index (Phi) is 11.1. The molecule has 1 heterocycles. The number of likely N-dealkylation sites (N-methyl/N-ethyl adjacent to an activating group) is 1. The summed E-state index contributed by atoms with van der Waals surface area (Å²) >= 11 is 0. The van der Waals surface area contributed by atoms with E-state index in [4.69, 9.17) is 0 Å². The van der Waals surface area contributed by atoms with Crippen LogP contribution in [0.25, 0.3) is 0 Å². The Balaban J connectivity index is 1.22. The van der Waals surface area contributed by atoms with Crippen LogP contribution in [-0.2, 0) is 9.59 Å². The molecule has 1 unspecified atom stereocenters. The number of carbonyl (C=O) groups is 2. The lowest BCUT2D eigenvalue weighted by Gasteiger charge is -2.40. The summed E-state index contributed by atoms with van der Waals surface area (Å²) in [6.45, 7) is 13.1. The van der Waals surface area contributed by atoms with Crippen molar-refractivity contribution in [3.8, 4) is 0 Å². The highest BCUT2D eigenvalue weighted by atomic mass is 16.2. The average Bonchev–Trinajstić information content (AvgIpc) is 2.82. The number of aryl methyl sites for hydroxylation is 4. The van der Waals surface area contributed by atoms with Crippen LogP contribution in [0.5, 0.6) is 0 Å². The minimum atomic E-state index is -0.000380. The number of rotatable bonds is 14. The van der Waals surface area contributed by atoms with Gasteiger partial charge in [0.1, 0.15) is 0 Å². The predicted molar refractivity (Wildman–Crippen MR) is 153 cm³/mol. The van der Waals surface area contributed by atoms with E-state index in [-0.39, 0.29) is 17.9 Å². The fourth-order valence-electron chi connectivity index (χ4n) is 4.87. The first-order valence-corrected chi connectivity index (χ1v) is 13.6. The van der Waals surface area contributed by atoms with E-state index < -0.39 is 0 Å². The lowest BCUT2D eigenvalue weighted by atomic mass is 10.0. The average molecular weight is 508 g/mol. The molecule has 0 aromatic heterocycles. The standard InChI is InChI=1S/C30H45N5O2/c1-22-11-9-12-23(2)28(22)32-27(36)21-34(5)20-17-31-16-7-6-8-18-35-19-15-26(35)30(37)33-29-24(3)13-10-14-25(29)4/h9-14,26,31H,6-8,15-21H2,1-5H3,(H,32,36)(H,33,37). The largest absolute Gasteiger partial charge is 0.324 e. The van der Waals surface area contributed by atoms with Gasteiger partial charge in [0.05, 0.1) is 12.6 Å². The van der Waals surface area contributed by atoms with Crippen molar-refractivity contribution < 1.29 is 9.59 Å². The van der Waals surface area contributed by atoms with Gasteiger partial charge in [-0.15, -0.1) is 0 Å². The predicted octanol–water partition coefficient (Wildman–Crippen LogP) is 4.26. The molecule has 3 N–H and O–H groups in total. The van der Waals surface area contributed by atoms with Crippen LogP contribution < -0.4 is 16.0 Å². The zero-order valence-electron chi connectivity index (χ0n) is 23.3. The Morgan fingerprint density at radius 1 is 0.865 bits per heavy atom. The van der Waals surface area contributed by atoms with E-state index >= 15 is 0 Å². The molecule has 7 heteroatoms. The van der Waals surface area contributed by atoms with Crippen molar-refractivity contribution in [1.29, 1.82) is 0 Å². The molecule has 1 aliphatic heterocycles. The molecule has 1 saturated heterocycles. The van der Waals surface area contributed by atoms with Crippen molar-refractivity contribution in [3.05, 3.63) is 58.7 Å². The first-order valence-electron chi connectivity index (χ1n) is 13.6. The second kappa shape index (κ2) is 14.3. The molecular weight excluding hydrogens is 462 g/mol. The Hall–Kier alpha value is -2.74. The van der Waals surface area contributed by atoms with Gasteiger partial charge in [0.2, 0.25) is 11.8 Å². The Morgan fingerprint density at radius 3 is 2.03 bits per heavy atom. The number of likely N-dealkylation sites (tertiary alicyclic amines) is 1. The number of carbonyl (C=O) groups excluding carboxylic acids is 2. The maximum atomic E-state index is 12.8. The lowest BCUT2D eigenvalue weighted by molar-refractivity contribution is -0.125. The number of hydrogen-bond acceptors (Lipinski definition) is 5. The second-order valence-electron chi connectivity index (χ2n) is 10.5. The van der Waals surface area contributed by atoms with Gasteiger partial charge in [0.25, 0.3) is 0 Å². The maximum absolute atomic E-state index is 12.8. The molecule has 1 fully saturated rings. The molecule has 37 heavy (non-hydrogen) atoms. The third-order valence-corrected chi connectivity index (χ3v) is 7.29. The molecule has 2 aromatic rings. The summed E-state index contributed by atoms with van der Waals surface area (Å²) in [6.07, 6.45) is 4.30. The lowest BCUT2D eigenvalue weighted by Crippen LogP contribution is -2.54. The number of hydrogen-bond donors (Lipinski definition) is 3. The summed E-state index contributed by atoms with van der Waals surface area (Å²) < 4.78 is 0. The SMILES string of the molecule is Cc1cccc(C)c1NC(=O)CN(C)CCNCCCCCN1CCC1C(=O)Nc1c(C)cccc1C. The van der Waals surface area contributed by atoms with E-state index in [1.165, 1.54) is 0 Å². The topological polar surface area (TPSA) is 76.7 Å². The highest BCUT2D eigenvalue weighted by molar-refractivity contribution is 5.96. The minimum Gasteiger partial charge on any atom is -0.324 e. The van der Waals surface area contributed by atoms with Crippen LogP contribution in [0.3, 0.4) is 0 Å². The summed E-state index contributed by atoms with van der Waals surface area (Å²) in [6, 6.07) is 12.1. The third-order valence-electron chi connectivity index (χ3n) is 7.29. The normalized spacial score (nSPS) is 15.5. The summed E-state index contributed by atoms with van der Waals surface area (Å²) in [5.74, 6) is 0.143. The van der Waals surface area contributed by atoms with E-state index in [0.29, 0.717) is 6.54 Å². The molecule has 202 valence electrons. The third kappa shape index (κ3) is 8.66.